The van der Waals surface area contributed by atoms with Crippen LogP contribution in [0.25, 0.3) is 0 Å². The van der Waals surface area contributed by atoms with Crippen LogP contribution in [0.1, 0.15) is 46.3 Å². The Hall–Kier alpha value is -0.520. The smallest absolute Gasteiger partial charge is 0.261 e. The molecule has 0 aliphatic heterocycles. The van der Waals surface area contributed by atoms with Gasteiger partial charge in [-0.05, 0) is 50.5 Å². The lowest BCUT2D eigenvalue weighted by Crippen LogP contribution is -2.40. The van der Waals surface area contributed by atoms with E-state index in [9.17, 15) is 9.90 Å². The quantitative estimate of drug-likeness (QED) is 0.822. The molecule has 1 aromatic rings. The van der Waals surface area contributed by atoms with Crippen LogP contribution in [0.4, 0.5) is 0 Å². The summed E-state index contributed by atoms with van der Waals surface area (Å²) in [6.07, 6.45) is 7.96. The van der Waals surface area contributed by atoms with Gasteiger partial charge in [0.05, 0.1) is 11.5 Å². The van der Waals surface area contributed by atoms with Crippen LogP contribution >= 0.6 is 23.1 Å². The standard InChI is InChI=1S/C15H23NO2S2/c1-10(14(9-17)19-2)16-15(18)13-8-11-6-4-3-5-7-12(11)20-13/h8,10,14,17H,3-7,9H2,1-2H3,(H,16,18). The van der Waals surface area contributed by atoms with Crippen molar-refractivity contribution in [3.63, 3.8) is 0 Å². The van der Waals surface area contributed by atoms with Crippen LogP contribution in [-0.2, 0) is 12.8 Å². The first kappa shape index (κ1) is 15.9. The number of amides is 1. The average molecular weight is 313 g/mol. The second-order valence-electron chi connectivity index (χ2n) is 5.34. The Morgan fingerprint density at radius 2 is 2.20 bits per heavy atom. The van der Waals surface area contributed by atoms with Gasteiger partial charge in [-0.1, -0.05) is 6.42 Å². The molecule has 0 aromatic carbocycles. The van der Waals surface area contributed by atoms with Crippen molar-refractivity contribution in [3.8, 4) is 0 Å². The SMILES string of the molecule is CSC(CO)C(C)NC(=O)c1cc2c(s1)CCCCC2. The van der Waals surface area contributed by atoms with Crippen molar-refractivity contribution < 1.29 is 9.90 Å². The highest BCUT2D eigenvalue weighted by molar-refractivity contribution is 7.99. The van der Waals surface area contributed by atoms with E-state index >= 15 is 0 Å². The second-order valence-corrected chi connectivity index (χ2v) is 7.55. The number of fused-ring (bicyclic) bond motifs is 1. The van der Waals surface area contributed by atoms with E-state index < -0.39 is 0 Å². The Bertz CT molecular complexity index is 431. The highest BCUT2D eigenvalue weighted by Crippen LogP contribution is 2.29. The lowest BCUT2D eigenvalue weighted by Gasteiger charge is -2.20. The highest BCUT2D eigenvalue weighted by Gasteiger charge is 2.21. The number of aliphatic hydroxyl groups excluding tert-OH is 1. The van der Waals surface area contributed by atoms with Crippen LogP contribution in [0.2, 0.25) is 0 Å². The molecule has 0 radical (unpaired) electrons. The number of thiophene rings is 1. The first-order valence-electron chi connectivity index (χ1n) is 7.21. The van der Waals surface area contributed by atoms with E-state index in [0.717, 1.165) is 17.7 Å². The number of hydrogen-bond acceptors (Lipinski definition) is 4. The van der Waals surface area contributed by atoms with Crippen LogP contribution in [0, 0.1) is 0 Å². The number of carbonyl (C=O) groups excluding carboxylic acids is 1. The fraction of sp³-hybridized carbons (Fsp3) is 0.667. The summed E-state index contributed by atoms with van der Waals surface area (Å²) in [5, 5.41) is 12.3. The molecule has 1 amide bonds. The van der Waals surface area contributed by atoms with E-state index in [0.29, 0.717) is 0 Å². The fourth-order valence-electron chi connectivity index (χ4n) is 2.59. The summed E-state index contributed by atoms with van der Waals surface area (Å²) in [5.41, 5.74) is 1.37. The minimum Gasteiger partial charge on any atom is -0.395 e. The summed E-state index contributed by atoms with van der Waals surface area (Å²) < 4.78 is 0. The van der Waals surface area contributed by atoms with Crippen LogP contribution in [0.3, 0.4) is 0 Å². The minimum absolute atomic E-state index is 0.00285. The molecule has 0 spiro atoms. The predicted octanol–water partition coefficient (Wildman–Crippen LogP) is 2.86. The summed E-state index contributed by atoms with van der Waals surface area (Å²) in [4.78, 5) is 14.5. The third kappa shape index (κ3) is 3.77. The molecule has 0 saturated carbocycles. The monoisotopic (exact) mass is 313 g/mol. The third-order valence-electron chi connectivity index (χ3n) is 3.87. The molecule has 1 heterocycles. The van der Waals surface area contributed by atoms with E-state index in [1.807, 2.05) is 13.2 Å². The van der Waals surface area contributed by atoms with E-state index in [1.54, 1.807) is 23.1 Å². The molecular formula is C15H23NO2S2. The minimum atomic E-state index is -0.0237. The van der Waals surface area contributed by atoms with Crippen molar-refractivity contribution in [1.82, 2.24) is 5.32 Å². The molecule has 0 bridgehead atoms. The van der Waals surface area contributed by atoms with Gasteiger partial charge in [-0.3, -0.25) is 4.79 Å². The number of nitrogens with one attached hydrogen (secondary N) is 1. The molecule has 0 saturated heterocycles. The van der Waals surface area contributed by atoms with Gasteiger partial charge in [0, 0.05) is 16.2 Å². The molecule has 20 heavy (non-hydrogen) atoms. The van der Waals surface area contributed by atoms with E-state index in [-0.39, 0.29) is 23.8 Å². The van der Waals surface area contributed by atoms with Gasteiger partial charge in [0.2, 0.25) is 0 Å². The zero-order valence-corrected chi connectivity index (χ0v) is 13.8. The Morgan fingerprint density at radius 1 is 1.45 bits per heavy atom. The average Bonchev–Trinajstić information content (AvgIpc) is 2.72. The zero-order valence-electron chi connectivity index (χ0n) is 12.1. The Labute approximate surface area is 129 Å². The summed E-state index contributed by atoms with van der Waals surface area (Å²) in [6.45, 7) is 2.04. The molecule has 1 aliphatic rings. The van der Waals surface area contributed by atoms with Gasteiger partial charge in [-0.25, -0.2) is 0 Å². The van der Waals surface area contributed by atoms with Crippen LogP contribution in [-0.4, -0.2) is 35.2 Å². The maximum atomic E-state index is 12.3. The van der Waals surface area contributed by atoms with Gasteiger partial charge < -0.3 is 10.4 Å². The first-order valence-corrected chi connectivity index (χ1v) is 9.32. The lowest BCUT2D eigenvalue weighted by molar-refractivity contribution is 0.0940. The highest BCUT2D eigenvalue weighted by atomic mass is 32.2. The number of hydrogen-bond donors (Lipinski definition) is 2. The number of aliphatic hydroxyl groups is 1. The molecule has 2 N–H and O–H groups in total. The normalized spacial score (nSPS) is 17.9. The summed E-state index contributed by atoms with van der Waals surface area (Å²) in [6, 6.07) is 2.05. The van der Waals surface area contributed by atoms with Crippen LogP contribution in [0.15, 0.2) is 6.07 Å². The number of rotatable bonds is 5. The van der Waals surface area contributed by atoms with Crippen molar-refractivity contribution in [2.45, 2.75) is 50.3 Å². The Morgan fingerprint density at radius 3 is 2.90 bits per heavy atom. The number of aryl methyl sites for hydroxylation is 2. The Balaban J connectivity index is 2.02. The van der Waals surface area contributed by atoms with Crippen molar-refractivity contribution >= 4 is 29.0 Å². The molecule has 2 rings (SSSR count). The predicted molar refractivity (Wildman–Crippen MR) is 86.9 cm³/mol. The second kappa shape index (κ2) is 7.48. The van der Waals surface area contributed by atoms with Gasteiger partial charge >= 0.3 is 0 Å². The van der Waals surface area contributed by atoms with E-state index in [4.69, 9.17) is 0 Å². The van der Waals surface area contributed by atoms with Crippen molar-refractivity contribution in [2.75, 3.05) is 12.9 Å². The molecule has 112 valence electrons. The van der Waals surface area contributed by atoms with Gasteiger partial charge in [0.1, 0.15) is 0 Å². The third-order valence-corrected chi connectivity index (χ3v) is 6.27. The van der Waals surface area contributed by atoms with Crippen molar-refractivity contribution in [1.29, 1.82) is 0 Å². The summed E-state index contributed by atoms with van der Waals surface area (Å²) in [7, 11) is 0. The van der Waals surface area contributed by atoms with Gasteiger partial charge in [0.15, 0.2) is 0 Å². The number of thioether (sulfide) groups is 1. The molecule has 3 nitrogen and oxygen atoms in total. The van der Waals surface area contributed by atoms with E-state index in [2.05, 4.69) is 11.4 Å². The van der Waals surface area contributed by atoms with Crippen molar-refractivity contribution in [3.05, 3.63) is 21.4 Å². The van der Waals surface area contributed by atoms with E-state index in [1.165, 1.54) is 29.7 Å². The van der Waals surface area contributed by atoms with Gasteiger partial charge in [-0.15, -0.1) is 11.3 Å². The molecule has 5 heteroatoms. The largest absolute Gasteiger partial charge is 0.395 e. The molecule has 2 unspecified atom stereocenters. The molecule has 1 aliphatic carbocycles. The molecule has 0 fully saturated rings. The maximum Gasteiger partial charge on any atom is 0.261 e. The van der Waals surface area contributed by atoms with Gasteiger partial charge in [-0.2, -0.15) is 11.8 Å². The fourth-order valence-corrected chi connectivity index (χ4v) is 4.37. The Kier molecular flexibility index (Phi) is 5.93. The first-order chi connectivity index (χ1) is 9.65. The zero-order chi connectivity index (χ0) is 14.5. The van der Waals surface area contributed by atoms with Gasteiger partial charge in [0.25, 0.3) is 5.91 Å². The molecule has 1 aromatic heterocycles. The topological polar surface area (TPSA) is 49.3 Å². The summed E-state index contributed by atoms with van der Waals surface area (Å²) >= 11 is 3.23. The molecule has 2 atom stereocenters. The number of carbonyl (C=O) groups is 1. The van der Waals surface area contributed by atoms with Crippen LogP contribution < -0.4 is 5.32 Å². The molecular weight excluding hydrogens is 290 g/mol. The lowest BCUT2D eigenvalue weighted by atomic mass is 10.1. The van der Waals surface area contributed by atoms with Crippen LogP contribution in [0.5, 0.6) is 0 Å². The van der Waals surface area contributed by atoms with Crippen molar-refractivity contribution in [2.24, 2.45) is 0 Å². The summed E-state index contributed by atoms with van der Waals surface area (Å²) in [5.74, 6) is 0.00285. The maximum absolute atomic E-state index is 12.3.